The van der Waals surface area contributed by atoms with Crippen LogP contribution in [0.3, 0.4) is 0 Å². The molecule has 30 heavy (non-hydrogen) atoms. The van der Waals surface area contributed by atoms with Crippen LogP contribution in [0.1, 0.15) is 49.5 Å². The van der Waals surface area contributed by atoms with E-state index in [2.05, 4.69) is 10.3 Å². The minimum atomic E-state index is -0.361. The molecule has 0 saturated carbocycles. The molecule has 0 spiro atoms. The summed E-state index contributed by atoms with van der Waals surface area (Å²) in [6.45, 7) is 1.56. The summed E-state index contributed by atoms with van der Waals surface area (Å²) in [4.78, 5) is 45.3. The van der Waals surface area contributed by atoms with Crippen molar-refractivity contribution in [2.45, 2.75) is 25.4 Å². The third-order valence-electron chi connectivity index (χ3n) is 5.50. The number of halogens is 2. The molecule has 4 rings (SSSR count). The molecule has 0 radical (unpaired) electrons. The second-order valence-corrected chi connectivity index (χ2v) is 7.17. The predicted molar refractivity (Wildman–Crippen MR) is 117 cm³/mol. The molecule has 2 aliphatic rings. The van der Waals surface area contributed by atoms with E-state index < -0.39 is 0 Å². The van der Waals surface area contributed by atoms with E-state index in [1.165, 1.54) is 4.90 Å². The predicted octanol–water partition coefficient (Wildman–Crippen LogP) is 2.55. The van der Waals surface area contributed by atoms with E-state index in [0.717, 1.165) is 18.4 Å². The van der Waals surface area contributed by atoms with Crippen molar-refractivity contribution >= 4 is 42.5 Å². The number of fused-ring (bicyclic) bond motifs is 1. The molecule has 2 aliphatic heterocycles. The van der Waals surface area contributed by atoms with Gasteiger partial charge < -0.3 is 10.2 Å². The summed E-state index contributed by atoms with van der Waals surface area (Å²) >= 11 is 0. The Hall–Kier alpha value is -2.48. The van der Waals surface area contributed by atoms with E-state index >= 15 is 0 Å². The van der Waals surface area contributed by atoms with Crippen LogP contribution in [0, 0.1) is 0 Å². The van der Waals surface area contributed by atoms with Crippen LogP contribution in [0.4, 0.5) is 0 Å². The number of nitrogens with one attached hydrogen (secondary N) is 1. The highest BCUT2D eigenvalue weighted by molar-refractivity contribution is 6.22. The SMILES string of the molecule is CNC1CCN(C(=O)c2ccc3c(c2)C(=O)N(Cc2ccncc2)C3=O)CC1.Cl.Cl. The van der Waals surface area contributed by atoms with Gasteiger partial charge in [-0.25, -0.2) is 0 Å². The highest BCUT2D eigenvalue weighted by Gasteiger charge is 2.36. The van der Waals surface area contributed by atoms with Gasteiger partial charge >= 0.3 is 0 Å². The smallest absolute Gasteiger partial charge is 0.261 e. The summed E-state index contributed by atoms with van der Waals surface area (Å²) in [5.74, 6) is -0.781. The molecule has 1 fully saturated rings. The molecule has 0 bridgehead atoms. The standard InChI is InChI=1S/C21H22N4O3.2ClH/c1-22-16-6-10-24(11-7-16)19(26)15-2-3-17-18(12-15)21(28)25(20(17)27)13-14-4-8-23-9-5-14;;/h2-5,8-9,12,16,22H,6-7,10-11,13H2,1H3;2*1H. The number of carbonyl (C=O) groups excluding carboxylic acids is 3. The average molecular weight is 451 g/mol. The Morgan fingerprint density at radius 3 is 2.30 bits per heavy atom. The lowest BCUT2D eigenvalue weighted by Crippen LogP contribution is -2.44. The van der Waals surface area contributed by atoms with Crippen LogP contribution in [-0.4, -0.2) is 58.7 Å². The number of hydrogen-bond acceptors (Lipinski definition) is 5. The molecule has 1 aromatic heterocycles. The summed E-state index contributed by atoms with van der Waals surface area (Å²) in [5.41, 5.74) is 1.93. The van der Waals surface area contributed by atoms with Gasteiger partial charge in [0.1, 0.15) is 0 Å². The molecule has 9 heteroatoms. The first-order valence-electron chi connectivity index (χ1n) is 9.44. The minimum absolute atomic E-state index is 0. The molecule has 1 aromatic carbocycles. The van der Waals surface area contributed by atoms with Crippen molar-refractivity contribution in [1.29, 1.82) is 0 Å². The second-order valence-electron chi connectivity index (χ2n) is 7.17. The van der Waals surface area contributed by atoms with Crippen LogP contribution in [0.5, 0.6) is 0 Å². The Labute approximate surface area is 187 Å². The Balaban J connectivity index is 0.00000160. The molecule has 0 aliphatic carbocycles. The minimum Gasteiger partial charge on any atom is -0.339 e. The Kier molecular flexibility index (Phi) is 7.95. The van der Waals surface area contributed by atoms with Crippen molar-refractivity contribution in [1.82, 2.24) is 20.1 Å². The van der Waals surface area contributed by atoms with Gasteiger partial charge in [-0.15, -0.1) is 24.8 Å². The maximum Gasteiger partial charge on any atom is 0.261 e. The number of piperidine rings is 1. The Morgan fingerprint density at radius 2 is 1.67 bits per heavy atom. The van der Waals surface area contributed by atoms with E-state index in [0.29, 0.717) is 35.8 Å². The molecule has 2 aromatic rings. The van der Waals surface area contributed by atoms with Gasteiger partial charge in [0.15, 0.2) is 0 Å². The molecule has 1 saturated heterocycles. The molecule has 0 unspecified atom stereocenters. The van der Waals surface area contributed by atoms with Crippen LogP contribution in [0.15, 0.2) is 42.7 Å². The number of amides is 3. The maximum atomic E-state index is 12.8. The number of pyridine rings is 1. The van der Waals surface area contributed by atoms with Gasteiger partial charge in [0.25, 0.3) is 17.7 Å². The summed E-state index contributed by atoms with van der Waals surface area (Å²) in [6, 6.07) is 8.78. The van der Waals surface area contributed by atoms with Crippen LogP contribution < -0.4 is 5.32 Å². The fraction of sp³-hybridized carbons (Fsp3) is 0.333. The Bertz CT molecular complexity index is 931. The molecule has 7 nitrogen and oxygen atoms in total. The van der Waals surface area contributed by atoms with Gasteiger partial charge in [0, 0.05) is 37.1 Å². The van der Waals surface area contributed by atoms with Gasteiger partial charge in [-0.3, -0.25) is 24.3 Å². The van der Waals surface area contributed by atoms with E-state index in [-0.39, 0.29) is 49.1 Å². The summed E-state index contributed by atoms with van der Waals surface area (Å²) < 4.78 is 0. The van der Waals surface area contributed by atoms with Crippen molar-refractivity contribution in [2.24, 2.45) is 0 Å². The highest BCUT2D eigenvalue weighted by atomic mass is 35.5. The fourth-order valence-corrected chi connectivity index (χ4v) is 3.79. The van der Waals surface area contributed by atoms with Gasteiger partial charge in [-0.05, 0) is 55.8 Å². The van der Waals surface area contributed by atoms with E-state index in [9.17, 15) is 14.4 Å². The first-order chi connectivity index (χ1) is 13.6. The lowest BCUT2D eigenvalue weighted by atomic mass is 10.0. The van der Waals surface area contributed by atoms with Gasteiger partial charge in [-0.2, -0.15) is 0 Å². The zero-order valence-corrected chi connectivity index (χ0v) is 18.2. The van der Waals surface area contributed by atoms with E-state index in [4.69, 9.17) is 0 Å². The molecule has 160 valence electrons. The second kappa shape index (κ2) is 10.0. The molecule has 3 amide bonds. The van der Waals surface area contributed by atoms with Crippen LogP contribution in [0.2, 0.25) is 0 Å². The number of rotatable bonds is 4. The van der Waals surface area contributed by atoms with E-state index in [1.54, 1.807) is 42.7 Å². The van der Waals surface area contributed by atoms with Crippen molar-refractivity contribution in [3.05, 3.63) is 65.0 Å². The molecule has 1 N–H and O–H groups in total. The van der Waals surface area contributed by atoms with Crippen molar-refractivity contribution in [3.63, 3.8) is 0 Å². The first-order valence-corrected chi connectivity index (χ1v) is 9.44. The number of nitrogens with zero attached hydrogens (tertiary/aromatic N) is 3. The zero-order chi connectivity index (χ0) is 19.7. The number of carbonyl (C=O) groups is 3. The monoisotopic (exact) mass is 450 g/mol. The number of likely N-dealkylation sites (tertiary alicyclic amines) is 1. The van der Waals surface area contributed by atoms with Crippen molar-refractivity contribution in [2.75, 3.05) is 20.1 Å². The summed E-state index contributed by atoms with van der Waals surface area (Å²) in [7, 11) is 1.93. The quantitative estimate of drug-likeness (QED) is 0.723. The lowest BCUT2D eigenvalue weighted by molar-refractivity contribution is 0.0641. The summed E-state index contributed by atoms with van der Waals surface area (Å²) in [6.07, 6.45) is 5.07. The summed E-state index contributed by atoms with van der Waals surface area (Å²) in [5, 5.41) is 3.24. The van der Waals surface area contributed by atoms with Crippen molar-refractivity contribution < 1.29 is 14.4 Å². The Morgan fingerprint density at radius 1 is 1.03 bits per heavy atom. The number of aromatic nitrogens is 1. The van der Waals surface area contributed by atoms with Gasteiger partial charge in [0.2, 0.25) is 0 Å². The fourth-order valence-electron chi connectivity index (χ4n) is 3.79. The number of benzene rings is 1. The normalized spacial score (nSPS) is 16.0. The molecular formula is C21H24Cl2N4O3. The number of imide groups is 1. The van der Waals surface area contributed by atoms with E-state index in [1.807, 2.05) is 11.9 Å². The lowest BCUT2D eigenvalue weighted by Gasteiger charge is -2.31. The van der Waals surface area contributed by atoms with Gasteiger partial charge in [-0.1, -0.05) is 0 Å². The average Bonchev–Trinajstić information content (AvgIpc) is 2.98. The highest BCUT2D eigenvalue weighted by Crippen LogP contribution is 2.26. The van der Waals surface area contributed by atoms with Crippen LogP contribution in [-0.2, 0) is 6.54 Å². The first kappa shape index (κ1) is 23.8. The number of hydrogen-bond donors (Lipinski definition) is 1. The largest absolute Gasteiger partial charge is 0.339 e. The van der Waals surface area contributed by atoms with Crippen molar-refractivity contribution in [3.8, 4) is 0 Å². The van der Waals surface area contributed by atoms with Crippen LogP contribution >= 0.6 is 24.8 Å². The van der Waals surface area contributed by atoms with Gasteiger partial charge in [0.05, 0.1) is 17.7 Å². The zero-order valence-electron chi connectivity index (χ0n) is 16.5. The van der Waals surface area contributed by atoms with Crippen LogP contribution in [0.25, 0.3) is 0 Å². The topological polar surface area (TPSA) is 82.6 Å². The molecule has 3 heterocycles. The third-order valence-corrected chi connectivity index (χ3v) is 5.50. The molecule has 0 atom stereocenters. The molecular weight excluding hydrogens is 427 g/mol. The third kappa shape index (κ3) is 4.48. The maximum absolute atomic E-state index is 12.8.